The molecule has 3 aromatic rings. The number of rotatable bonds is 6. The maximum absolute atomic E-state index is 12.2. The van der Waals surface area contributed by atoms with Crippen LogP contribution in [0, 0.1) is 6.92 Å². The van der Waals surface area contributed by atoms with E-state index in [-0.39, 0.29) is 5.91 Å². The van der Waals surface area contributed by atoms with Crippen LogP contribution in [0.4, 0.5) is 0 Å². The van der Waals surface area contributed by atoms with Crippen LogP contribution in [0.5, 0.6) is 5.75 Å². The lowest BCUT2D eigenvalue weighted by Crippen LogP contribution is -2.25. The fraction of sp³-hybridized carbons (Fsp3) is 0.263. The van der Waals surface area contributed by atoms with E-state index in [1.807, 2.05) is 54.9 Å². The van der Waals surface area contributed by atoms with Crippen LogP contribution in [0.3, 0.4) is 0 Å². The monoisotopic (exact) mass is 323 g/mol. The maximum Gasteiger partial charge on any atom is 0.251 e. The molecule has 0 spiro atoms. The van der Waals surface area contributed by atoms with E-state index in [2.05, 4.69) is 10.3 Å². The first-order valence-electron chi connectivity index (χ1n) is 8.11. The number of aromatic nitrogens is 2. The van der Waals surface area contributed by atoms with Gasteiger partial charge in [0.25, 0.3) is 5.91 Å². The third kappa shape index (κ3) is 3.74. The molecule has 2 heterocycles. The highest BCUT2D eigenvalue weighted by molar-refractivity contribution is 5.94. The first-order valence-corrected chi connectivity index (χ1v) is 8.11. The predicted octanol–water partition coefficient (Wildman–Crippen LogP) is 3.01. The molecular weight excluding hydrogens is 302 g/mol. The molecule has 1 N–H and O–H groups in total. The van der Waals surface area contributed by atoms with Crippen molar-refractivity contribution >= 4 is 11.6 Å². The molecule has 5 nitrogen and oxygen atoms in total. The number of pyridine rings is 1. The summed E-state index contributed by atoms with van der Waals surface area (Å²) in [5.41, 5.74) is 3.68. The summed E-state index contributed by atoms with van der Waals surface area (Å²) < 4.78 is 7.42. The molecule has 24 heavy (non-hydrogen) atoms. The first kappa shape index (κ1) is 16.1. The third-order valence-electron chi connectivity index (χ3n) is 3.74. The number of aryl methyl sites for hydroxylation is 1. The molecule has 0 saturated carbocycles. The van der Waals surface area contributed by atoms with E-state index < -0.39 is 0 Å². The lowest BCUT2D eigenvalue weighted by atomic mass is 10.2. The number of carbonyl (C=O) groups is 1. The van der Waals surface area contributed by atoms with Crippen LogP contribution < -0.4 is 10.1 Å². The predicted molar refractivity (Wildman–Crippen MR) is 93.6 cm³/mol. The molecule has 1 amide bonds. The summed E-state index contributed by atoms with van der Waals surface area (Å²) in [7, 11) is 0. The fourth-order valence-electron chi connectivity index (χ4n) is 2.56. The van der Waals surface area contributed by atoms with Gasteiger partial charge < -0.3 is 14.5 Å². The zero-order valence-electron chi connectivity index (χ0n) is 14.0. The quantitative estimate of drug-likeness (QED) is 0.758. The van der Waals surface area contributed by atoms with Crippen molar-refractivity contribution in [3.63, 3.8) is 0 Å². The minimum Gasteiger partial charge on any atom is -0.494 e. The van der Waals surface area contributed by atoms with Crippen molar-refractivity contribution in [2.45, 2.75) is 20.3 Å². The molecule has 0 aliphatic heterocycles. The summed E-state index contributed by atoms with van der Waals surface area (Å²) in [5.74, 6) is 0.608. The molecule has 5 heteroatoms. The molecule has 0 bridgehead atoms. The van der Waals surface area contributed by atoms with Gasteiger partial charge in [-0.1, -0.05) is 6.07 Å². The average molecular weight is 323 g/mol. The van der Waals surface area contributed by atoms with Gasteiger partial charge in [-0.2, -0.15) is 0 Å². The number of nitrogens with zero attached hydrogens (tertiary/aromatic N) is 2. The van der Waals surface area contributed by atoms with Gasteiger partial charge >= 0.3 is 0 Å². The van der Waals surface area contributed by atoms with Crippen LogP contribution in [-0.4, -0.2) is 28.4 Å². The number of carbonyl (C=O) groups excluding carboxylic acids is 1. The van der Waals surface area contributed by atoms with Gasteiger partial charge in [0, 0.05) is 30.9 Å². The first-order chi connectivity index (χ1) is 11.7. The van der Waals surface area contributed by atoms with Crippen molar-refractivity contribution in [3.05, 3.63) is 65.6 Å². The van der Waals surface area contributed by atoms with Gasteiger partial charge in [0.2, 0.25) is 0 Å². The Morgan fingerprint density at radius 1 is 1.29 bits per heavy atom. The Morgan fingerprint density at radius 2 is 2.17 bits per heavy atom. The smallest absolute Gasteiger partial charge is 0.251 e. The fourth-order valence-corrected chi connectivity index (χ4v) is 2.56. The zero-order chi connectivity index (χ0) is 16.9. The second-order valence-electron chi connectivity index (χ2n) is 5.67. The van der Waals surface area contributed by atoms with Crippen LogP contribution in [0.2, 0.25) is 0 Å². The van der Waals surface area contributed by atoms with E-state index in [1.165, 1.54) is 5.56 Å². The largest absolute Gasteiger partial charge is 0.494 e. The lowest BCUT2D eigenvalue weighted by molar-refractivity contribution is 0.0953. The van der Waals surface area contributed by atoms with Gasteiger partial charge in [-0.15, -0.1) is 0 Å². The Kier molecular flexibility index (Phi) is 4.79. The molecule has 0 unspecified atom stereocenters. The molecule has 2 aromatic heterocycles. The van der Waals surface area contributed by atoms with Crippen molar-refractivity contribution in [3.8, 4) is 5.75 Å². The number of nitrogens with one attached hydrogen (secondary N) is 1. The number of amides is 1. The van der Waals surface area contributed by atoms with Gasteiger partial charge in [0.1, 0.15) is 11.4 Å². The Morgan fingerprint density at radius 3 is 3.00 bits per heavy atom. The van der Waals surface area contributed by atoms with Crippen LogP contribution in [0.25, 0.3) is 5.65 Å². The van der Waals surface area contributed by atoms with Gasteiger partial charge in [-0.05, 0) is 49.7 Å². The Balaban J connectivity index is 1.58. The van der Waals surface area contributed by atoms with Crippen molar-refractivity contribution < 1.29 is 9.53 Å². The molecule has 124 valence electrons. The summed E-state index contributed by atoms with van der Waals surface area (Å²) in [5, 5.41) is 2.93. The Bertz CT molecular complexity index is 855. The van der Waals surface area contributed by atoms with Crippen molar-refractivity contribution in [1.29, 1.82) is 0 Å². The van der Waals surface area contributed by atoms with Crippen molar-refractivity contribution in [2.24, 2.45) is 0 Å². The summed E-state index contributed by atoms with van der Waals surface area (Å²) in [4.78, 5) is 16.8. The SMILES string of the molecule is CCOc1cccc(C(=O)NCCc2cn3ccc(C)cc3n2)c1. The number of fused-ring (bicyclic) bond motifs is 1. The number of ether oxygens (including phenoxy) is 1. The Hall–Kier alpha value is -2.82. The highest BCUT2D eigenvalue weighted by Gasteiger charge is 2.07. The van der Waals surface area contributed by atoms with Crippen LogP contribution in [0.15, 0.2) is 48.8 Å². The number of benzene rings is 1. The van der Waals surface area contributed by atoms with Gasteiger partial charge in [0.05, 0.1) is 12.3 Å². The number of hydrogen-bond acceptors (Lipinski definition) is 3. The van der Waals surface area contributed by atoms with E-state index in [0.29, 0.717) is 30.9 Å². The second-order valence-corrected chi connectivity index (χ2v) is 5.67. The average Bonchev–Trinajstić information content (AvgIpc) is 2.97. The molecular formula is C19H21N3O2. The van der Waals surface area contributed by atoms with Crippen molar-refractivity contribution in [2.75, 3.05) is 13.2 Å². The molecule has 0 atom stereocenters. The van der Waals surface area contributed by atoms with E-state index in [9.17, 15) is 4.79 Å². The van der Waals surface area contributed by atoms with Gasteiger partial charge in [-0.3, -0.25) is 4.79 Å². The lowest BCUT2D eigenvalue weighted by Gasteiger charge is -2.07. The van der Waals surface area contributed by atoms with E-state index in [1.54, 1.807) is 12.1 Å². The molecule has 1 aromatic carbocycles. The van der Waals surface area contributed by atoms with Crippen LogP contribution in [0.1, 0.15) is 28.5 Å². The number of hydrogen-bond donors (Lipinski definition) is 1. The third-order valence-corrected chi connectivity index (χ3v) is 3.74. The molecule has 0 aliphatic carbocycles. The highest BCUT2D eigenvalue weighted by atomic mass is 16.5. The molecule has 3 rings (SSSR count). The Labute approximate surface area is 141 Å². The molecule has 0 saturated heterocycles. The molecule has 0 radical (unpaired) electrons. The van der Waals surface area contributed by atoms with Gasteiger partial charge in [-0.25, -0.2) is 4.98 Å². The van der Waals surface area contributed by atoms with Crippen molar-refractivity contribution in [1.82, 2.24) is 14.7 Å². The van der Waals surface area contributed by atoms with Gasteiger partial charge in [0.15, 0.2) is 0 Å². The van der Waals surface area contributed by atoms with E-state index in [4.69, 9.17) is 4.74 Å². The normalized spacial score (nSPS) is 10.8. The molecule has 0 fully saturated rings. The summed E-state index contributed by atoms with van der Waals surface area (Å²) in [6.07, 6.45) is 4.69. The maximum atomic E-state index is 12.2. The minimum atomic E-state index is -0.101. The summed E-state index contributed by atoms with van der Waals surface area (Å²) in [6, 6.07) is 11.3. The topological polar surface area (TPSA) is 55.6 Å². The minimum absolute atomic E-state index is 0.101. The van der Waals surface area contributed by atoms with E-state index in [0.717, 1.165) is 11.3 Å². The van der Waals surface area contributed by atoms with Crippen LogP contribution >= 0.6 is 0 Å². The standard InChI is InChI=1S/C19H21N3O2/c1-3-24-17-6-4-5-15(12-17)19(23)20-9-7-16-13-22-10-8-14(2)11-18(22)21-16/h4-6,8,10-13H,3,7,9H2,1-2H3,(H,20,23). The zero-order valence-corrected chi connectivity index (χ0v) is 14.0. The summed E-state index contributed by atoms with van der Waals surface area (Å²) in [6.45, 7) is 5.09. The number of imidazole rings is 1. The molecule has 0 aliphatic rings. The highest BCUT2D eigenvalue weighted by Crippen LogP contribution is 2.13. The van der Waals surface area contributed by atoms with Crippen LogP contribution in [-0.2, 0) is 6.42 Å². The van der Waals surface area contributed by atoms with E-state index >= 15 is 0 Å². The summed E-state index contributed by atoms with van der Waals surface area (Å²) >= 11 is 0. The second kappa shape index (κ2) is 7.17.